The molecule has 10 nitrogen and oxygen atoms in total. The van der Waals surface area contributed by atoms with Crippen LogP contribution in [0.3, 0.4) is 0 Å². The molecule has 3 heterocycles. The van der Waals surface area contributed by atoms with E-state index in [0.717, 1.165) is 30.8 Å². The lowest BCUT2D eigenvalue weighted by Gasteiger charge is -2.18. The van der Waals surface area contributed by atoms with Gasteiger partial charge in [-0.3, -0.25) is 15.6 Å². The van der Waals surface area contributed by atoms with E-state index in [4.69, 9.17) is 9.93 Å². The topological polar surface area (TPSA) is 117 Å². The van der Waals surface area contributed by atoms with E-state index in [-0.39, 0.29) is 23.3 Å². The van der Waals surface area contributed by atoms with E-state index in [0.29, 0.717) is 17.9 Å². The number of rotatable bonds is 7. The molecule has 180 valence electrons. The van der Waals surface area contributed by atoms with Crippen molar-refractivity contribution in [2.24, 2.45) is 4.99 Å². The molecule has 3 N–H and O–H groups in total. The molecule has 4 rings (SSSR count). The quantitative estimate of drug-likeness (QED) is 0.353. The fourth-order valence-electron chi connectivity index (χ4n) is 3.32. The van der Waals surface area contributed by atoms with Crippen molar-refractivity contribution in [3.05, 3.63) is 54.2 Å². The van der Waals surface area contributed by atoms with Crippen molar-refractivity contribution in [2.45, 2.75) is 32.7 Å². The highest BCUT2D eigenvalue weighted by Crippen LogP contribution is 2.25. The Morgan fingerprint density at radius 2 is 1.94 bits per heavy atom. The van der Waals surface area contributed by atoms with Crippen molar-refractivity contribution in [1.82, 2.24) is 25.1 Å². The summed E-state index contributed by atoms with van der Waals surface area (Å²) in [5.41, 5.74) is 4.74. The predicted molar refractivity (Wildman–Crippen MR) is 118 cm³/mol. The smallest absolute Gasteiger partial charge is 0.406 e. The third-order valence-electron chi connectivity index (χ3n) is 4.92. The Hall–Kier alpha value is -3.87. The average Bonchev–Trinajstić information content (AvgIpc) is 3.54. The molecule has 0 aliphatic carbocycles. The number of aromatic nitrogens is 3. The summed E-state index contributed by atoms with van der Waals surface area (Å²) in [6.45, 7) is 4.27. The highest BCUT2D eigenvalue weighted by molar-refractivity contribution is 6.01. The number of halogens is 3. The van der Waals surface area contributed by atoms with Crippen LogP contribution in [-0.2, 0) is 6.54 Å². The molecule has 0 spiro atoms. The van der Waals surface area contributed by atoms with Crippen LogP contribution >= 0.6 is 0 Å². The standard InChI is InChI=1S/C21H23F3N8O2/c1-14(26-12-15-8-11-32(13-15)30-31-9-2-3-10-31)27-18(25)20-28-19(29-34-20)16-4-6-17(7-5-16)33-21(22,23)24/h4-8,11,13,30H,2-3,9-10,12H2,1H3,(H2,25,26,27). The van der Waals surface area contributed by atoms with Crippen molar-refractivity contribution in [2.75, 3.05) is 18.6 Å². The summed E-state index contributed by atoms with van der Waals surface area (Å²) in [4.78, 5) is 8.22. The van der Waals surface area contributed by atoms with Crippen molar-refractivity contribution in [3.8, 4) is 17.1 Å². The van der Waals surface area contributed by atoms with E-state index >= 15 is 0 Å². The molecule has 1 aliphatic rings. The second-order valence-electron chi connectivity index (χ2n) is 7.62. The van der Waals surface area contributed by atoms with E-state index in [2.05, 4.69) is 35.7 Å². The van der Waals surface area contributed by atoms with Crippen LogP contribution in [0.25, 0.3) is 11.4 Å². The zero-order valence-electron chi connectivity index (χ0n) is 18.3. The molecule has 0 radical (unpaired) electrons. The number of nitrogens with zero attached hydrogens (tertiary/aromatic N) is 5. The Labute approximate surface area is 192 Å². The van der Waals surface area contributed by atoms with Crippen LogP contribution in [0.5, 0.6) is 5.75 Å². The molecular formula is C21H23F3N8O2. The second-order valence-corrected chi connectivity index (χ2v) is 7.62. The van der Waals surface area contributed by atoms with E-state index < -0.39 is 6.36 Å². The molecule has 34 heavy (non-hydrogen) atoms. The SMILES string of the molecule is C/C(=N/C(=N)c1nc(-c2ccc(OC(F)(F)F)cc2)no1)NCc1ccn(NN2CCCC2)c1. The number of aliphatic imine (C=N–C) groups is 1. The summed E-state index contributed by atoms with van der Waals surface area (Å²) in [6, 6.07) is 6.99. The first kappa shape index (κ1) is 23.3. The van der Waals surface area contributed by atoms with Crippen LogP contribution in [0.15, 0.2) is 52.2 Å². The fourth-order valence-corrected chi connectivity index (χ4v) is 3.32. The lowest BCUT2D eigenvalue weighted by Crippen LogP contribution is -2.32. The van der Waals surface area contributed by atoms with Gasteiger partial charge in [0.05, 0.1) is 0 Å². The average molecular weight is 476 g/mol. The highest BCUT2D eigenvalue weighted by Gasteiger charge is 2.31. The van der Waals surface area contributed by atoms with Gasteiger partial charge in [0.25, 0.3) is 5.89 Å². The first-order chi connectivity index (χ1) is 16.2. The molecule has 1 fully saturated rings. The summed E-state index contributed by atoms with van der Waals surface area (Å²) >= 11 is 0. The Bertz CT molecular complexity index is 1150. The Morgan fingerprint density at radius 1 is 1.21 bits per heavy atom. The van der Waals surface area contributed by atoms with Gasteiger partial charge in [0, 0.05) is 37.6 Å². The maximum Gasteiger partial charge on any atom is 0.573 e. The Morgan fingerprint density at radius 3 is 2.65 bits per heavy atom. The van der Waals surface area contributed by atoms with Crippen molar-refractivity contribution >= 4 is 11.7 Å². The molecule has 1 aliphatic heterocycles. The molecule has 1 aromatic carbocycles. The van der Waals surface area contributed by atoms with Gasteiger partial charge in [0.2, 0.25) is 11.7 Å². The molecule has 13 heteroatoms. The minimum Gasteiger partial charge on any atom is -0.406 e. The van der Waals surface area contributed by atoms with Crippen LogP contribution in [-0.4, -0.2) is 50.9 Å². The number of ether oxygens (including phenoxy) is 1. The minimum atomic E-state index is -4.77. The highest BCUT2D eigenvalue weighted by atomic mass is 19.4. The predicted octanol–water partition coefficient (Wildman–Crippen LogP) is 3.52. The van der Waals surface area contributed by atoms with Crippen molar-refractivity contribution < 1.29 is 22.4 Å². The molecule has 0 saturated carbocycles. The zero-order chi connectivity index (χ0) is 24.1. The van der Waals surface area contributed by atoms with E-state index in [1.165, 1.54) is 25.0 Å². The van der Waals surface area contributed by atoms with Gasteiger partial charge >= 0.3 is 6.36 Å². The lowest BCUT2D eigenvalue weighted by molar-refractivity contribution is -0.274. The third-order valence-corrected chi connectivity index (χ3v) is 4.92. The fraction of sp³-hybridized carbons (Fsp3) is 0.333. The van der Waals surface area contributed by atoms with Gasteiger partial charge in [-0.2, -0.15) is 4.98 Å². The Balaban J connectivity index is 1.31. The van der Waals surface area contributed by atoms with Gasteiger partial charge in [0.1, 0.15) is 11.6 Å². The molecule has 0 bridgehead atoms. The van der Waals surface area contributed by atoms with E-state index in [9.17, 15) is 13.2 Å². The molecule has 2 aromatic heterocycles. The minimum absolute atomic E-state index is 0.117. The van der Waals surface area contributed by atoms with Gasteiger partial charge in [-0.1, -0.05) is 5.16 Å². The molecule has 0 unspecified atom stereocenters. The third kappa shape index (κ3) is 6.34. The van der Waals surface area contributed by atoms with Gasteiger partial charge in [-0.05, 0) is 55.7 Å². The van der Waals surface area contributed by atoms with Crippen LogP contribution in [0.4, 0.5) is 13.2 Å². The van der Waals surface area contributed by atoms with Gasteiger partial charge < -0.3 is 14.6 Å². The summed E-state index contributed by atoms with van der Waals surface area (Å²) in [5.74, 6) is -0.118. The lowest BCUT2D eigenvalue weighted by atomic mass is 10.2. The Kier molecular flexibility index (Phi) is 6.82. The van der Waals surface area contributed by atoms with Crippen molar-refractivity contribution in [3.63, 3.8) is 0 Å². The van der Waals surface area contributed by atoms with Crippen LogP contribution in [0.2, 0.25) is 0 Å². The second kappa shape index (κ2) is 9.95. The summed E-state index contributed by atoms with van der Waals surface area (Å²) in [7, 11) is 0. The first-order valence-corrected chi connectivity index (χ1v) is 10.5. The largest absolute Gasteiger partial charge is 0.573 e. The monoisotopic (exact) mass is 476 g/mol. The van der Waals surface area contributed by atoms with Gasteiger partial charge in [0.15, 0.2) is 0 Å². The maximum absolute atomic E-state index is 12.3. The van der Waals surface area contributed by atoms with Gasteiger partial charge in [-0.15, -0.1) is 13.2 Å². The van der Waals surface area contributed by atoms with Gasteiger partial charge in [-0.25, -0.2) is 10.0 Å². The number of nitrogens with one attached hydrogen (secondary N) is 3. The maximum atomic E-state index is 12.3. The number of alkyl halides is 3. The zero-order valence-corrected chi connectivity index (χ0v) is 18.3. The summed E-state index contributed by atoms with van der Waals surface area (Å²) < 4.78 is 47.6. The summed E-state index contributed by atoms with van der Waals surface area (Å²) in [6.07, 6.45) is 1.52. The van der Waals surface area contributed by atoms with Crippen LogP contribution in [0, 0.1) is 5.41 Å². The number of amidine groups is 2. The number of hydrogen-bond donors (Lipinski definition) is 3. The van der Waals surface area contributed by atoms with Crippen molar-refractivity contribution in [1.29, 1.82) is 5.41 Å². The van der Waals surface area contributed by atoms with E-state index in [1.807, 2.05) is 23.1 Å². The molecular weight excluding hydrogens is 453 g/mol. The number of benzene rings is 1. The molecule has 0 atom stereocenters. The number of hydrogen-bond acceptors (Lipinski definition) is 7. The van der Waals surface area contributed by atoms with E-state index in [1.54, 1.807) is 6.92 Å². The number of hydrazine groups is 1. The molecule has 3 aromatic rings. The normalized spacial score (nSPS) is 14.9. The van der Waals surface area contributed by atoms with Crippen LogP contribution < -0.4 is 15.6 Å². The summed E-state index contributed by atoms with van der Waals surface area (Å²) in [5, 5.41) is 17.1. The first-order valence-electron chi connectivity index (χ1n) is 10.5. The molecule has 0 amide bonds. The van der Waals surface area contributed by atoms with Crippen LogP contribution in [0.1, 0.15) is 31.2 Å². The molecule has 1 saturated heterocycles.